The fraction of sp³-hybridized carbons (Fsp3) is 0.235. The third-order valence-corrected chi connectivity index (χ3v) is 5.25. The molecule has 4 heteroatoms. The van der Waals surface area contributed by atoms with E-state index in [1.807, 2.05) is 24.3 Å². The van der Waals surface area contributed by atoms with Gasteiger partial charge in [0.1, 0.15) is 5.52 Å². The Bertz CT molecular complexity index is 750. The normalized spacial score (nSPS) is 21.4. The summed E-state index contributed by atoms with van der Waals surface area (Å²) in [6, 6.07) is 16.3. The molecule has 2 atom stereocenters. The zero-order valence-electron chi connectivity index (χ0n) is 11.5. The number of aryl methyl sites for hydroxylation is 1. The second kappa shape index (κ2) is 5.20. The van der Waals surface area contributed by atoms with Crippen molar-refractivity contribution in [3.8, 4) is 0 Å². The van der Waals surface area contributed by atoms with Gasteiger partial charge in [-0.15, -0.1) is 0 Å². The van der Waals surface area contributed by atoms with E-state index in [1.54, 1.807) is 11.8 Å². The number of thioether (sulfide) groups is 1. The summed E-state index contributed by atoms with van der Waals surface area (Å²) in [5.74, 6) is 0. The Morgan fingerprint density at radius 1 is 1.10 bits per heavy atom. The minimum Gasteiger partial charge on any atom is -0.431 e. The van der Waals surface area contributed by atoms with Crippen molar-refractivity contribution in [2.75, 3.05) is 0 Å². The molecule has 0 bridgehead atoms. The van der Waals surface area contributed by atoms with E-state index < -0.39 is 0 Å². The number of rotatable bonds is 2. The van der Waals surface area contributed by atoms with E-state index in [4.69, 9.17) is 10.2 Å². The number of nitrogens with zero attached hydrogens (tertiary/aromatic N) is 1. The van der Waals surface area contributed by atoms with E-state index in [1.165, 1.54) is 11.1 Å². The third-order valence-electron chi connectivity index (χ3n) is 4.04. The van der Waals surface area contributed by atoms with Crippen LogP contribution in [0.2, 0.25) is 0 Å². The number of nitrogens with two attached hydrogens (primary N) is 1. The van der Waals surface area contributed by atoms with Crippen molar-refractivity contribution in [1.82, 2.24) is 4.98 Å². The molecule has 3 nitrogen and oxygen atoms in total. The van der Waals surface area contributed by atoms with Gasteiger partial charge in [-0.1, -0.05) is 48.2 Å². The van der Waals surface area contributed by atoms with Gasteiger partial charge in [-0.3, -0.25) is 0 Å². The summed E-state index contributed by atoms with van der Waals surface area (Å²) in [4.78, 5) is 4.54. The number of hydrogen-bond acceptors (Lipinski definition) is 4. The lowest BCUT2D eigenvalue weighted by Crippen LogP contribution is -2.29. The van der Waals surface area contributed by atoms with E-state index in [0.717, 1.165) is 29.2 Å². The lowest BCUT2D eigenvalue weighted by molar-refractivity contribution is 0.483. The van der Waals surface area contributed by atoms with Gasteiger partial charge in [0.05, 0.1) is 0 Å². The van der Waals surface area contributed by atoms with Gasteiger partial charge in [-0.2, -0.15) is 0 Å². The zero-order chi connectivity index (χ0) is 14.2. The molecule has 1 aliphatic carbocycles. The lowest BCUT2D eigenvalue weighted by atomic mass is 9.88. The van der Waals surface area contributed by atoms with Crippen molar-refractivity contribution in [1.29, 1.82) is 0 Å². The Hall–Kier alpha value is -1.78. The third kappa shape index (κ3) is 2.34. The largest absolute Gasteiger partial charge is 0.431 e. The summed E-state index contributed by atoms with van der Waals surface area (Å²) < 4.78 is 5.80. The van der Waals surface area contributed by atoms with Crippen LogP contribution >= 0.6 is 11.8 Å². The van der Waals surface area contributed by atoms with Crippen molar-refractivity contribution in [3.05, 3.63) is 59.7 Å². The highest BCUT2D eigenvalue weighted by Crippen LogP contribution is 2.39. The van der Waals surface area contributed by atoms with Crippen LogP contribution in [0.1, 0.15) is 23.6 Å². The summed E-state index contributed by atoms with van der Waals surface area (Å²) in [6.45, 7) is 0. The monoisotopic (exact) mass is 296 g/mol. The van der Waals surface area contributed by atoms with E-state index in [9.17, 15) is 0 Å². The Kier molecular flexibility index (Phi) is 3.20. The molecule has 106 valence electrons. The highest BCUT2D eigenvalue weighted by atomic mass is 32.2. The molecule has 1 aliphatic rings. The summed E-state index contributed by atoms with van der Waals surface area (Å²) in [7, 11) is 0. The van der Waals surface area contributed by atoms with Crippen LogP contribution in [-0.2, 0) is 6.42 Å². The Morgan fingerprint density at radius 2 is 1.90 bits per heavy atom. The molecule has 2 unspecified atom stereocenters. The van der Waals surface area contributed by atoms with Crippen LogP contribution in [0.5, 0.6) is 0 Å². The van der Waals surface area contributed by atoms with Crippen LogP contribution in [0.3, 0.4) is 0 Å². The van der Waals surface area contributed by atoms with Gasteiger partial charge in [0, 0.05) is 11.3 Å². The van der Waals surface area contributed by atoms with Gasteiger partial charge in [-0.25, -0.2) is 4.98 Å². The molecule has 2 aromatic carbocycles. The summed E-state index contributed by atoms with van der Waals surface area (Å²) in [5, 5.41) is 1.03. The molecule has 2 N–H and O–H groups in total. The SMILES string of the molecule is NC1c2ccccc2CCC1Sc1nc2ccccc2o1. The molecule has 0 radical (unpaired) electrons. The molecule has 1 aromatic heterocycles. The fourth-order valence-electron chi connectivity index (χ4n) is 2.93. The standard InChI is InChI=1S/C17H16N2OS/c18-16-12-6-2-1-5-11(12)9-10-15(16)21-17-19-13-7-3-4-8-14(13)20-17/h1-8,15-16H,9-10,18H2. The summed E-state index contributed by atoms with van der Waals surface area (Å²) in [5.41, 5.74) is 10.8. The van der Waals surface area contributed by atoms with E-state index in [2.05, 4.69) is 29.2 Å². The fourth-order valence-corrected chi connectivity index (χ4v) is 4.00. The Morgan fingerprint density at radius 3 is 2.81 bits per heavy atom. The predicted octanol–water partition coefficient (Wildman–Crippen LogP) is 3.93. The zero-order valence-corrected chi connectivity index (χ0v) is 12.3. The van der Waals surface area contributed by atoms with Crippen LogP contribution in [0, 0.1) is 0 Å². The summed E-state index contributed by atoms with van der Waals surface area (Å²) in [6.07, 6.45) is 2.13. The average molecular weight is 296 g/mol. The quantitative estimate of drug-likeness (QED) is 0.778. The minimum absolute atomic E-state index is 0.0370. The van der Waals surface area contributed by atoms with Crippen LogP contribution in [0.15, 0.2) is 58.2 Å². The van der Waals surface area contributed by atoms with Gasteiger partial charge < -0.3 is 10.2 Å². The maximum absolute atomic E-state index is 6.44. The maximum Gasteiger partial charge on any atom is 0.257 e. The van der Waals surface area contributed by atoms with E-state index in [-0.39, 0.29) is 6.04 Å². The first kappa shape index (κ1) is 12.9. The van der Waals surface area contributed by atoms with Crippen molar-refractivity contribution in [2.45, 2.75) is 29.4 Å². The van der Waals surface area contributed by atoms with Gasteiger partial charge >= 0.3 is 0 Å². The van der Waals surface area contributed by atoms with E-state index in [0.29, 0.717) is 5.25 Å². The number of fused-ring (bicyclic) bond motifs is 2. The highest BCUT2D eigenvalue weighted by Gasteiger charge is 2.28. The van der Waals surface area contributed by atoms with Crippen molar-refractivity contribution < 1.29 is 4.42 Å². The molecule has 3 aromatic rings. The Labute approximate surface area is 127 Å². The second-order valence-corrected chi connectivity index (χ2v) is 6.56. The molecule has 0 aliphatic heterocycles. The highest BCUT2D eigenvalue weighted by molar-refractivity contribution is 7.99. The average Bonchev–Trinajstić information content (AvgIpc) is 2.93. The molecule has 0 spiro atoms. The number of para-hydroxylation sites is 2. The first-order valence-electron chi connectivity index (χ1n) is 7.17. The van der Waals surface area contributed by atoms with Crippen molar-refractivity contribution >= 4 is 22.9 Å². The first-order valence-corrected chi connectivity index (χ1v) is 8.05. The number of oxazole rings is 1. The molecular weight excluding hydrogens is 280 g/mol. The van der Waals surface area contributed by atoms with Gasteiger partial charge in [0.15, 0.2) is 5.58 Å². The van der Waals surface area contributed by atoms with Crippen LogP contribution in [0.4, 0.5) is 0 Å². The molecule has 0 fully saturated rings. The van der Waals surface area contributed by atoms with Crippen LogP contribution < -0.4 is 5.73 Å². The van der Waals surface area contributed by atoms with Gasteiger partial charge in [0.2, 0.25) is 0 Å². The van der Waals surface area contributed by atoms with Crippen LogP contribution in [0.25, 0.3) is 11.1 Å². The molecule has 0 saturated carbocycles. The molecular formula is C17H16N2OS. The van der Waals surface area contributed by atoms with Crippen molar-refractivity contribution in [3.63, 3.8) is 0 Å². The smallest absolute Gasteiger partial charge is 0.257 e. The number of aromatic nitrogens is 1. The predicted molar refractivity (Wildman–Crippen MR) is 85.3 cm³/mol. The maximum atomic E-state index is 6.44. The second-order valence-electron chi connectivity index (χ2n) is 5.37. The van der Waals surface area contributed by atoms with Gasteiger partial charge in [0.25, 0.3) is 5.22 Å². The van der Waals surface area contributed by atoms with Crippen LogP contribution in [-0.4, -0.2) is 10.2 Å². The molecule has 1 heterocycles. The Balaban J connectivity index is 1.60. The topological polar surface area (TPSA) is 52.0 Å². The molecule has 0 amide bonds. The summed E-state index contributed by atoms with van der Waals surface area (Å²) >= 11 is 1.66. The van der Waals surface area contributed by atoms with Crippen molar-refractivity contribution in [2.24, 2.45) is 5.73 Å². The molecule has 21 heavy (non-hydrogen) atoms. The van der Waals surface area contributed by atoms with E-state index >= 15 is 0 Å². The molecule has 0 saturated heterocycles. The van der Waals surface area contributed by atoms with Gasteiger partial charge in [-0.05, 0) is 36.1 Å². The molecule has 4 rings (SSSR count). The first-order chi connectivity index (χ1) is 10.3. The number of benzene rings is 2. The lowest BCUT2D eigenvalue weighted by Gasteiger charge is -2.29. The minimum atomic E-state index is 0.0370. The number of hydrogen-bond donors (Lipinski definition) is 1.